The van der Waals surface area contributed by atoms with Gasteiger partial charge in [0.05, 0.1) is 12.6 Å². The number of methoxy groups -OCH3 is 1. The van der Waals surface area contributed by atoms with Crippen molar-refractivity contribution in [2.75, 3.05) is 7.11 Å². The zero-order chi connectivity index (χ0) is 17.4. The number of fused-ring (bicyclic) bond motifs is 2. The van der Waals surface area contributed by atoms with Crippen LogP contribution in [-0.4, -0.2) is 23.0 Å². The largest absolute Gasteiger partial charge is 0.464 e. The number of aromatic nitrogens is 2. The molecule has 4 rings (SSSR count). The first kappa shape index (κ1) is 15.8. The number of halogens is 1. The minimum absolute atomic E-state index is 0.365. The number of carbonyl (C=O) groups is 1. The summed E-state index contributed by atoms with van der Waals surface area (Å²) in [4.78, 5) is 20.0. The lowest BCUT2D eigenvalue weighted by Gasteiger charge is -2.08. The quantitative estimate of drug-likeness (QED) is 0.398. The molecule has 0 aliphatic rings. The monoisotopic (exact) mass is 394 g/mol. The van der Waals surface area contributed by atoms with E-state index in [-0.39, 0.29) is 5.97 Å². The number of hydrogen-bond acceptors (Lipinski definition) is 3. The van der Waals surface area contributed by atoms with Crippen molar-refractivity contribution in [1.82, 2.24) is 9.97 Å². The fourth-order valence-electron chi connectivity index (χ4n) is 3.11. The first-order valence-corrected chi connectivity index (χ1v) is 8.68. The molecule has 4 nitrogen and oxygen atoms in total. The van der Waals surface area contributed by atoms with E-state index in [9.17, 15) is 4.79 Å². The van der Waals surface area contributed by atoms with E-state index in [2.05, 4.69) is 32.0 Å². The van der Waals surface area contributed by atoms with Crippen LogP contribution in [0.1, 0.15) is 21.6 Å². The van der Waals surface area contributed by atoms with Gasteiger partial charge < -0.3 is 9.72 Å². The van der Waals surface area contributed by atoms with Gasteiger partial charge >= 0.3 is 5.97 Å². The Bertz CT molecular complexity index is 1100. The van der Waals surface area contributed by atoms with Crippen LogP contribution in [0.2, 0.25) is 0 Å². The Labute approximate surface area is 153 Å². The van der Waals surface area contributed by atoms with Crippen molar-refractivity contribution < 1.29 is 9.53 Å². The summed E-state index contributed by atoms with van der Waals surface area (Å²) in [6.45, 7) is 0. The summed E-state index contributed by atoms with van der Waals surface area (Å²) in [7, 11) is 1.39. The van der Waals surface area contributed by atoms with E-state index in [1.807, 2.05) is 48.5 Å². The molecule has 0 unspecified atom stereocenters. The average Bonchev–Trinajstić information content (AvgIpc) is 3.00. The van der Waals surface area contributed by atoms with Crippen molar-refractivity contribution >= 4 is 43.7 Å². The van der Waals surface area contributed by atoms with Crippen LogP contribution in [0.5, 0.6) is 0 Å². The standard InChI is InChI=1S/C20H15BrN2O2/c1-25-20(24)18-15(14-7-3-5-9-17(14)22-18)11-13-10-12-6-2-4-8-16(12)23-19(13)21/h2-10,22H,11H2,1H3. The topological polar surface area (TPSA) is 55.0 Å². The molecule has 0 amide bonds. The van der Waals surface area contributed by atoms with Gasteiger partial charge in [-0.15, -0.1) is 0 Å². The third kappa shape index (κ3) is 2.81. The summed E-state index contributed by atoms with van der Waals surface area (Å²) in [5, 5.41) is 2.09. The van der Waals surface area contributed by atoms with Gasteiger partial charge in [0.25, 0.3) is 0 Å². The summed E-state index contributed by atoms with van der Waals surface area (Å²) in [6.07, 6.45) is 0.576. The SMILES string of the molecule is COC(=O)c1[nH]c2ccccc2c1Cc1cc2ccccc2nc1Br. The number of hydrogen-bond donors (Lipinski definition) is 1. The smallest absolute Gasteiger partial charge is 0.354 e. The van der Waals surface area contributed by atoms with Crippen LogP contribution in [0.3, 0.4) is 0 Å². The third-order valence-corrected chi connectivity index (χ3v) is 5.01. The average molecular weight is 395 g/mol. The van der Waals surface area contributed by atoms with Gasteiger partial charge in [-0.2, -0.15) is 0 Å². The lowest BCUT2D eigenvalue weighted by atomic mass is 10.0. The molecular weight excluding hydrogens is 380 g/mol. The number of ether oxygens (including phenoxy) is 1. The molecule has 0 radical (unpaired) electrons. The molecule has 0 aliphatic carbocycles. The van der Waals surface area contributed by atoms with E-state index in [1.54, 1.807) is 0 Å². The Morgan fingerprint density at radius 1 is 1.16 bits per heavy atom. The molecule has 4 aromatic rings. The number of H-pyrrole nitrogens is 1. The highest BCUT2D eigenvalue weighted by Crippen LogP contribution is 2.29. The minimum atomic E-state index is -0.365. The molecule has 124 valence electrons. The fourth-order valence-corrected chi connectivity index (χ4v) is 3.56. The number of nitrogens with one attached hydrogen (secondary N) is 1. The predicted octanol–water partition coefficient (Wildman–Crippen LogP) is 4.86. The Balaban J connectivity index is 1.88. The molecule has 0 spiro atoms. The summed E-state index contributed by atoms with van der Waals surface area (Å²) < 4.78 is 5.73. The van der Waals surface area contributed by atoms with Crippen molar-refractivity contribution in [3.63, 3.8) is 0 Å². The van der Waals surface area contributed by atoms with Gasteiger partial charge in [0, 0.05) is 22.7 Å². The Morgan fingerprint density at radius 2 is 1.92 bits per heavy atom. The number of para-hydroxylation sites is 2. The lowest BCUT2D eigenvalue weighted by molar-refractivity contribution is 0.0594. The number of aromatic amines is 1. The zero-order valence-corrected chi connectivity index (χ0v) is 15.1. The molecule has 2 aromatic heterocycles. The fraction of sp³-hybridized carbons (Fsp3) is 0.100. The van der Waals surface area contributed by atoms with Gasteiger partial charge in [0.2, 0.25) is 0 Å². The lowest BCUT2D eigenvalue weighted by Crippen LogP contribution is -2.06. The second-order valence-electron chi connectivity index (χ2n) is 5.82. The van der Waals surface area contributed by atoms with Gasteiger partial charge in [-0.3, -0.25) is 0 Å². The van der Waals surface area contributed by atoms with Crippen molar-refractivity contribution in [3.8, 4) is 0 Å². The van der Waals surface area contributed by atoms with Crippen molar-refractivity contribution in [3.05, 3.63) is 76.0 Å². The summed E-state index contributed by atoms with van der Waals surface area (Å²) in [6, 6.07) is 18.0. The second-order valence-corrected chi connectivity index (χ2v) is 6.57. The molecule has 0 aliphatic heterocycles. The van der Waals surface area contributed by atoms with Gasteiger partial charge in [0.15, 0.2) is 0 Å². The maximum absolute atomic E-state index is 12.2. The first-order chi connectivity index (χ1) is 12.2. The second kappa shape index (κ2) is 6.33. The van der Waals surface area contributed by atoms with Crippen LogP contribution in [0.4, 0.5) is 0 Å². The van der Waals surface area contributed by atoms with E-state index < -0.39 is 0 Å². The number of nitrogens with zero attached hydrogens (tertiary/aromatic N) is 1. The predicted molar refractivity (Wildman–Crippen MR) is 102 cm³/mol. The number of esters is 1. The van der Waals surface area contributed by atoms with Crippen LogP contribution in [0.15, 0.2) is 59.2 Å². The Kier molecular flexibility index (Phi) is 4.01. The summed E-state index contributed by atoms with van der Waals surface area (Å²) >= 11 is 3.57. The summed E-state index contributed by atoms with van der Waals surface area (Å²) in [5.74, 6) is -0.365. The van der Waals surface area contributed by atoms with E-state index in [4.69, 9.17) is 4.74 Å². The Morgan fingerprint density at radius 3 is 2.76 bits per heavy atom. The molecule has 1 N–H and O–H groups in total. The van der Waals surface area contributed by atoms with E-state index >= 15 is 0 Å². The van der Waals surface area contributed by atoms with Crippen molar-refractivity contribution in [2.24, 2.45) is 0 Å². The molecule has 0 bridgehead atoms. The molecule has 0 atom stereocenters. The highest BCUT2D eigenvalue weighted by molar-refractivity contribution is 9.10. The van der Waals surface area contributed by atoms with Crippen molar-refractivity contribution in [1.29, 1.82) is 0 Å². The van der Waals surface area contributed by atoms with Crippen LogP contribution >= 0.6 is 15.9 Å². The zero-order valence-electron chi connectivity index (χ0n) is 13.5. The van der Waals surface area contributed by atoms with Crippen LogP contribution in [-0.2, 0) is 11.2 Å². The minimum Gasteiger partial charge on any atom is -0.464 e. The Hall–Kier alpha value is -2.66. The number of benzene rings is 2. The molecule has 2 heterocycles. The van der Waals surface area contributed by atoms with Crippen LogP contribution in [0, 0.1) is 0 Å². The highest BCUT2D eigenvalue weighted by Gasteiger charge is 2.19. The van der Waals surface area contributed by atoms with Gasteiger partial charge in [-0.25, -0.2) is 9.78 Å². The van der Waals surface area contributed by atoms with Crippen LogP contribution < -0.4 is 0 Å². The van der Waals surface area contributed by atoms with Gasteiger partial charge in [-0.05, 0) is 45.3 Å². The number of rotatable bonds is 3. The summed E-state index contributed by atoms with van der Waals surface area (Å²) in [5.41, 5.74) is 4.28. The van der Waals surface area contributed by atoms with Crippen LogP contribution in [0.25, 0.3) is 21.8 Å². The first-order valence-electron chi connectivity index (χ1n) is 7.89. The van der Waals surface area contributed by atoms with E-state index in [1.165, 1.54) is 7.11 Å². The molecular formula is C20H15BrN2O2. The van der Waals surface area contributed by atoms with Gasteiger partial charge in [0.1, 0.15) is 10.3 Å². The molecule has 0 saturated carbocycles. The number of pyridine rings is 1. The van der Waals surface area contributed by atoms with E-state index in [0.717, 1.165) is 37.5 Å². The third-order valence-electron chi connectivity index (χ3n) is 4.32. The van der Waals surface area contributed by atoms with Gasteiger partial charge in [-0.1, -0.05) is 36.4 Å². The highest BCUT2D eigenvalue weighted by atomic mass is 79.9. The number of carbonyl (C=O) groups excluding carboxylic acids is 1. The molecule has 25 heavy (non-hydrogen) atoms. The maximum Gasteiger partial charge on any atom is 0.354 e. The molecule has 0 saturated heterocycles. The molecule has 0 fully saturated rings. The van der Waals surface area contributed by atoms with Crippen molar-refractivity contribution in [2.45, 2.75) is 6.42 Å². The molecule has 5 heteroatoms. The normalized spacial score (nSPS) is 11.1. The molecule has 2 aromatic carbocycles. The van der Waals surface area contributed by atoms with E-state index in [0.29, 0.717) is 12.1 Å². The maximum atomic E-state index is 12.2.